The summed E-state index contributed by atoms with van der Waals surface area (Å²) in [6, 6.07) is 0. The number of rotatable bonds is 8. The number of hydrogen-bond donors (Lipinski definition) is 0. The van der Waals surface area contributed by atoms with E-state index in [-0.39, 0.29) is 11.2 Å². The van der Waals surface area contributed by atoms with Crippen LogP contribution in [0.3, 0.4) is 0 Å². The van der Waals surface area contributed by atoms with Crippen LogP contribution in [-0.4, -0.2) is 64.9 Å². The van der Waals surface area contributed by atoms with E-state index in [9.17, 15) is 19.2 Å². The van der Waals surface area contributed by atoms with Crippen LogP contribution in [0.5, 0.6) is 0 Å². The van der Waals surface area contributed by atoms with Crippen LogP contribution in [0.1, 0.15) is 27.7 Å². The molecule has 0 amide bonds. The lowest BCUT2D eigenvalue weighted by atomic mass is 10.1. The third-order valence-corrected chi connectivity index (χ3v) is 6.13. The molecule has 1 fully saturated rings. The van der Waals surface area contributed by atoms with E-state index >= 15 is 0 Å². The smallest absolute Gasteiger partial charge is 0.303 e. The molecule has 8 nitrogen and oxygen atoms in total. The lowest BCUT2D eigenvalue weighted by Gasteiger charge is -2.33. The molecule has 0 aliphatic carbocycles. The summed E-state index contributed by atoms with van der Waals surface area (Å²) in [5.41, 5.74) is 0. The highest BCUT2D eigenvalue weighted by atomic mass is 32.2. The number of ether oxygens (including phenoxy) is 4. The standard InChI is InChI=1S/C15H22O8S2/c1-8(16)20-7-12(21-9(2)17)13(22-10(3)18)14(23-11(4)19)15-24-5-6-25-15/h12-15H,5-7H2,1-4H3. The van der Waals surface area contributed by atoms with E-state index in [4.69, 9.17) is 18.9 Å². The summed E-state index contributed by atoms with van der Waals surface area (Å²) < 4.78 is 20.6. The number of esters is 4. The van der Waals surface area contributed by atoms with Crippen molar-refractivity contribution in [3.63, 3.8) is 0 Å². The third kappa shape index (κ3) is 8.00. The molecule has 142 valence electrons. The van der Waals surface area contributed by atoms with Crippen molar-refractivity contribution in [1.29, 1.82) is 0 Å². The molecule has 10 heteroatoms. The maximum absolute atomic E-state index is 11.6. The van der Waals surface area contributed by atoms with E-state index in [2.05, 4.69) is 0 Å². The number of hydrogen-bond acceptors (Lipinski definition) is 10. The molecule has 1 aliphatic rings. The van der Waals surface area contributed by atoms with Crippen LogP contribution in [0.25, 0.3) is 0 Å². The van der Waals surface area contributed by atoms with Crippen LogP contribution in [0.2, 0.25) is 0 Å². The van der Waals surface area contributed by atoms with E-state index < -0.39 is 42.2 Å². The minimum absolute atomic E-state index is 0.191. The van der Waals surface area contributed by atoms with Crippen LogP contribution < -0.4 is 0 Å². The summed E-state index contributed by atoms with van der Waals surface area (Å²) in [7, 11) is 0. The Morgan fingerprint density at radius 3 is 1.80 bits per heavy atom. The van der Waals surface area contributed by atoms with Gasteiger partial charge >= 0.3 is 23.9 Å². The molecule has 0 bridgehead atoms. The summed E-state index contributed by atoms with van der Waals surface area (Å²) in [5, 5.41) is 0. The van der Waals surface area contributed by atoms with Crippen LogP contribution >= 0.6 is 23.5 Å². The lowest BCUT2D eigenvalue weighted by Crippen LogP contribution is -2.50. The first-order valence-electron chi connectivity index (χ1n) is 7.59. The molecular formula is C15H22O8S2. The molecule has 3 unspecified atom stereocenters. The van der Waals surface area contributed by atoms with Crippen molar-refractivity contribution in [2.24, 2.45) is 0 Å². The highest BCUT2D eigenvalue weighted by Gasteiger charge is 2.43. The zero-order chi connectivity index (χ0) is 19.0. The van der Waals surface area contributed by atoms with E-state index in [0.29, 0.717) is 0 Å². The van der Waals surface area contributed by atoms with Gasteiger partial charge in [-0.15, -0.1) is 23.5 Å². The van der Waals surface area contributed by atoms with Gasteiger partial charge in [-0.05, 0) is 0 Å². The maximum atomic E-state index is 11.6. The van der Waals surface area contributed by atoms with Gasteiger partial charge < -0.3 is 18.9 Å². The largest absolute Gasteiger partial charge is 0.462 e. The molecule has 1 rings (SSSR count). The second kappa shape index (κ2) is 10.5. The van der Waals surface area contributed by atoms with Gasteiger partial charge in [0.1, 0.15) is 6.61 Å². The van der Waals surface area contributed by atoms with Crippen LogP contribution in [0, 0.1) is 0 Å². The minimum atomic E-state index is -1.09. The fourth-order valence-corrected chi connectivity index (χ4v) is 5.19. The second-order valence-corrected chi connectivity index (χ2v) is 8.01. The Morgan fingerprint density at radius 2 is 1.36 bits per heavy atom. The normalized spacial score (nSPS) is 17.9. The Labute approximate surface area is 154 Å². The zero-order valence-electron chi connectivity index (χ0n) is 14.5. The molecule has 0 aromatic rings. The quantitative estimate of drug-likeness (QED) is 0.440. The van der Waals surface area contributed by atoms with Crippen LogP contribution in [0.4, 0.5) is 0 Å². The molecule has 0 aromatic heterocycles. The van der Waals surface area contributed by atoms with Gasteiger partial charge in [0.25, 0.3) is 0 Å². The fraction of sp³-hybridized carbons (Fsp3) is 0.733. The van der Waals surface area contributed by atoms with Gasteiger partial charge in [0, 0.05) is 39.2 Å². The summed E-state index contributed by atoms with van der Waals surface area (Å²) in [6.07, 6.45) is -3.02. The Bertz CT molecular complexity index is 504. The predicted octanol–water partition coefficient (Wildman–Crippen LogP) is 1.15. The van der Waals surface area contributed by atoms with Gasteiger partial charge in [-0.1, -0.05) is 0 Å². The van der Waals surface area contributed by atoms with Crippen molar-refractivity contribution in [1.82, 2.24) is 0 Å². The highest BCUT2D eigenvalue weighted by Crippen LogP contribution is 2.38. The first-order valence-corrected chi connectivity index (χ1v) is 9.68. The first-order chi connectivity index (χ1) is 11.7. The first kappa shape index (κ1) is 21.6. The molecule has 0 spiro atoms. The molecular weight excluding hydrogens is 372 g/mol. The lowest BCUT2D eigenvalue weighted by molar-refractivity contribution is -0.187. The van der Waals surface area contributed by atoms with Gasteiger partial charge in [-0.3, -0.25) is 19.2 Å². The minimum Gasteiger partial charge on any atom is -0.462 e. The summed E-state index contributed by atoms with van der Waals surface area (Å²) in [6.45, 7) is 4.52. The van der Waals surface area contributed by atoms with Crippen LogP contribution in [-0.2, 0) is 38.1 Å². The molecule has 1 saturated heterocycles. The Hall–Kier alpha value is -1.42. The SMILES string of the molecule is CC(=O)OCC(OC(C)=O)C(OC(C)=O)C(OC(C)=O)C1SCCS1. The van der Waals surface area contributed by atoms with Crippen molar-refractivity contribution in [2.75, 3.05) is 18.1 Å². The van der Waals surface area contributed by atoms with E-state index in [1.807, 2.05) is 0 Å². The summed E-state index contributed by atoms with van der Waals surface area (Å²) in [5.74, 6) is -0.696. The molecule has 0 radical (unpaired) electrons. The third-order valence-electron chi connectivity index (χ3n) is 2.98. The topological polar surface area (TPSA) is 105 Å². The molecule has 1 aliphatic heterocycles. The Balaban J connectivity index is 3.10. The average molecular weight is 394 g/mol. The van der Waals surface area contributed by atoms with Gasteiger partial charge in [-0.2, -0.15) is 0 Å². The predicted molar refractivity (Wildman–Crippen MR) is 92.0 cm³/mol. The summed E-state index contributed by atoms with van der Waals surface area (Å²) in [4.78, 5) is 45.7. The number of thioether (sulfide) groups is 2. The Kier molecular flexibility index (Phi) is 9.12. The molecule has 0 aromatic carbocycles. The summed E-state index contributed by atoms with van der Waals surface area (Å²) >= 11 is 3.11. The number of carbonyl (C=O) groups excluding carboxylic acids is 4. The monoisotopic (exact) mass is 394 g/mol. The van der Waals surface area contributed by atoms with E-state index in [1.165, 1.54) is 27.7 Å². The van der Waals surface area contributed by atoms with Crippen LogP contribution in [0.15, 0.2) is 0 Å². The van der Waals surface area contributed by atoms with E-state index in [1.54, 1.807) is 23.5 Å². The molecule has 3 atom stereocenters. The van der Waals surface area contributed by atoms with Gasteiger partial charge in [0.2, 0.25) is 0 Å². The zero-order valence-corrected chi connectivity index (χ0v) is 16.1. The Morgan fingerprint density at radius 1 is 0.840 bits per heavy atom. The molecule has 0 N–H and O–H groups in total. The van der Waals surface area contributed by atoms with E-state index in [0.717, 1.165) is 11.5 Å². The maximum Gasteiger partial charge on any atom is 0.303 e. The highest BCUT2D eigenvalue weighted by molar-refractivity contribution is 8.20. The molecule has 25 heavy (non-hydrogen) atoms. The van der Waals surface area contributed by atoms with Gasteiger partial charge in [0.15, 0.2) is 18.3 Å². The molecule has 0 saturated carbocycles. The second-order valence-electron chi connectivity index (χ2n) is 5.21. The van der Waals surface area contributed by atoms with Crippen molar-refractivity contribution in [3.05, 3.63) is 0 Å². The van der Waals surface area contributed by atoms with Crippen molar-refractivity contribution >= 4 is 47.4 Å². The van der Waals surface area contributed by atoms with Gasteiger partial charge in [-0.25, -0.2) is 0 Å². The van der Waals surface area contributed by atoms with Crippen molar-refractivity contribution in [3.8, 4) is 0 Å². The molecule has 1 heterocycles. The van der Waals surface area contributed by atoms with Gasteiger partial charge in [0.05, 0.1) is 4.58 Å². The average Bonchev–Trinajstić information content (AvgIpc) is 3.00. The number of carbonyl (C=O) groups is 4. The fourth-order valence-electron chi connectivity index (χ4n) is 2.19. The van der Waals surface area contributed by atoms with Crippen molar-refractivity contribution < 1.29 is 38.1 Å². The van der Waals surface area contributed by atoms with Crippen molar-refractivity contribution in [2.45, 2.75) is 50.6 Å².